The van der Waals surface area contributed by atoms with E-state index in [2.05, 4.69) is 35.4 Å². The summed E-state index contributed by atoms with van der Waals surface area (Å²) < 4.78 is 0. The Bertz CT molecular complexity index is 469. The number of carbonyl (C=O) groups excluding carboxylic acids is 1. The van der Waals surface area contributed by atoms with E-state index in [1.54, 1.807) is 0 Å². The molecule has 0 bridgehead atoms. The van der Waals surface area contributed by atoms with E-state index in [1.807, 2.05) is 19.1 Å². The second kappa shape index (κ2) is 6.86. The molecule has 1 aliphatic heterocycles. The van der Waals surface area contributed by atoms with Gasteiger partial charge in [0.05, 0.1) is 6.54 Å². The van der Waals surface area contributed by atoms with Crippen molar-refractivity contribution >= 4 is 11.6 Å². The topological polar surface area (TPSA) is 44.4 Å². The molecule has 1 heterocycles. The van der Waals surface area contributed by atoms with Gasteiger partial charge in [-0.25, -0.2) is 0 Å². The van der Waals surface area contributed by atoms with Gasteiger partial charge in [0.2, 0.25) is 5.91 Å². The van der Waals surface area contributed by atoms with Crippen molar-refractivity contribution in [1.29, 1.82) is 0 Å². The summed E-state index contributed by atoms with van der Waals surface area (Å²) in [6, 6.07) is 6.67. The molecule has 1 saturated heterocycles. The third kappa shape index (κ3) is 3.38. The van der Waals surface area contributed by atoms with Gasteiger partial charge in [-0.3, -0.25) is 9.69 Å². The minimum absolute atomic E-state index is 0.0859. The van der Waals surface area contributed by atoms with Gasteiger partial charge in [0.15, 0.2) is 0 Å². The van der Waals surface area contributed by atoms with Crippen LogP contribution in [0.1, 0.15) is 25.0 Å². The minimum atomic E-state index is 0.0859. The molecule has 0 radical (unpaired) electrons. The van der Waals surface area contributed by atoms with Gasteiger partial charge in [-0.1, -0.05) is 32.0 Å². The van der Waals surface area contributed by atoms with E-state index in [1.165, 1.54) is 5.56 Å². The lowest BCUT2D eigenvalue weighted by molar-refractivity contribution is -0.118. The summed E-state index contributed by atoms with van der Waals surface area (Å²) in [5.74, 6) is 0.0859. The zero-order chi connectivity index (χ0) is 14.5. The molecule has 2 N–H and O–H groups in total. The standard InChI is InChI=1S/C16H25N3O/c1-4-13-8-6-7-12(3)16(13)18-15(20)11-19(5-2)14-9-17-10-14/h6-8,14,17H,4-5,9-11H2,1-3H3,(H,18,20). The van der Waals surface area contributed by atoms with Gasteiger partial charge >= 0.3 is 0 Å². The molecule has 1 aliphatic rings. The second-order valence-electron chi connectivity index (χ2n) is 5.39. The fraction of sp³-hybridized carbons (Fsp3) is 0.562. The molecule has 1 amide bonds. The number of para-hydroxylation sites is 1. The average Bonchev–Trinajstić information content (AvgIpc) is 2.38. The van der Waals surface area contributed by atoms with Crippen LogP contribution in [0.15, 0.2) is 18.2 Å². The van der Waals surface area contributed by atoms with Crippen LogP contribution in [0.2, 0.25) is 0 Å². The van der Waals surface area contributed by atoms with E-state index in [0.717, 1.165) is 37.3 Å². The third-order valence-electron chi connectivity index (χ3n) is 4.03. The number of anilines is 1. The first-order valence-electron chi connectivity index (χ1n) is 7.48. The number of carbonyl (C=O) groups is 1. The van der Waals surface area contributed by atoms with Crippen LogP contribution in [-0.2, 0) is 11.2 Å². The molecule has 2 rings (SSSR count). The summed E-state index contributed by atoms with van der Waals surface area (Å²) in [6.07, 6.45) is 0.932. The molecular formula is C16H25N3O. The highest BCUT2D eigenvalue weighted by Crippen LogP contribution is 2.21. The Morgan fingerprint density at radius 2 is 2.15 bits per heavy atom. The molecule has 0 spiro atoms. The molecule has 110 valence electrons. The van der Waals surface area contributed by atoms with Crippen LogP contribution in [0.4, 0.5) is 5.69 Å². The summed E-state index contributed by atoms with van der Waals surface area (Å²) in [5.41, 5.74) is 3.32. The predicted molar refractivity (Wildman–Crippen MR) is 83.1 cm³/mol. The van der Waals surface area contributed by atoms with Crippen LogP contribution in [0, 0.1) is 6.92 Å². The molecular weight excluding hydrogens is 250 g/mol. The monoisotopic (exact) mass is 275 g/mol. The summed E-state index contributed by atoms with van der Waals surface area (Å²) in [4.78, 5) is 14.5. The molecule has 0 atom stereocenters. The van der Waals surface area contributed by atoms with Crippen molar-refractivity contribution in [3.8, 4) is 0 Å². The Hall–Kier alpha value is -1.39. The number of nitrogens with one attached hydrogen (secondary N) is 2. The van der Waals surface area contributed by atoms with Crippen LogP contribution >= 0.6 is 0 Å². The van der Waals surface area contributed by atoms with Gasteiger partial charge in [0.25, 0.3) is 0 Å². The minimum Gasteiger partial charge on any atom is -0.324 e. The van der Waals surface area contributed by atoms with Crippen LogP contribution < -0.4 is 10.6 Å². The Morgan fingerprint density at radius 3 is 2.70 bits per heavy atom. The van der Waals surface area contributed by atoms with Crippen molar-refractivity contribution in [2.45, 2.75) is 33.2 Å². The van der Waals surface area contributed by atoms with E-state index < -0.39 is 0 Å². The predicted octanol–water partition coefficient (Wildman–Crippen LogP) is 1.79. The van der Waals surface area contributed by atoms with E-state index in [0.29, 0.717) is 12.6 Å². The number of hydrogen-bond donors (Lipinski definition) is 2. The first kappa shape index (κ1) is 15.0. The van der Waals surface area contributed by atoms with Gasteiger partial charge in [-0.05, 0) is 31.0 Å². The maximum absolute atomic E-state index is 12.3. The van der Waals surface area contributed by atoms with Crippen molar-refractivity contribution in [3.05, 3.63) is 29.3 Å². The molecule has 1 aromatic carbocycles. The summed E-state index contributed by atoms with van der Waals surface area (Å²) in [7, 11) is 0. The normalized spacial score (nSPS) is 15.2. The van der Waals surface area contributed by atoms with Gasteiger partial charge in [-0.2, -0.15) is 0 Å². The Balaban J connectivity index is 2.00. The van der Waals surface area contributed by atoms with Crippen molar-refractivity contribution in [3.63, 3.8) is 0 Å². The van der Waals surface area contributed by atoms with Gasteiger partial charge < -0.3 is 10.6 Å². The quantitative estimate of drug-likeness (QED) is 0.832. The van der Waals surface area contributed by atoms with Crippen molar-refractivity contribution in [2.24, 2.45) is 0 Å². The van der Waals surface area contributed by atoms with Crippen molar-refractivity contribution < 1.29 is 4.79 Å². The molecule has 0 aliphatic carbocycles. The number of amides is 1. The van der Waals surface area contributed by atoms with Crippen LogP contribution in [0.3, 0.4) is 0 Å². The lowest BCUT2D eigenvalue weighted by Crippen LogP contribution is -2.58. The summed E-state index contributed by atoms with van der Waals surface area (Å²) >= 11 is 0. The van der Waals surface area contributed by atoms with Gasteiger partial charge in [0, 0.05) is 24.8 Å². The molecule has 0 aromatic heterocycles. The maximum atomic E-state index is 12.3. The van der Waals surface area contributed by atoms with E-state index in [4.69, 9.17) is 0 Å². The lowest BCUT2D eigenvalue weighted by atomic mass is 10.1. The van der Waals surface area contributed by atoms with E-state index in [-0.39, 0.29) is 5.91 Å². The average molecular weight is 275 g/mol. The molecule has 0 saturated carbocycles. The van der Waals surface area contributed by atoms with Crippen molar-refractivity contribution in [2.75, 3.05) is 31.5 Å². The molecule has 0 unspecified atom stereocenters. The zero-order valence-corrected chi connectivity index (χ0v) is 12.7. The second-order valence-corrected chi connectivity index (χ2v) is 5.39. The van der Waals surface area contributed by atoms with E-state index >= 15 is 0 Å². The number of nitrogens with zero attached hydrogens (tertiary/aromatic N) is 1. The third-order valence-corrected chi connectivity index (χ3v) is 4.03. The molecule has 1 fully saturated rings. The molecule has 1 aromatic rings. The molecule has 4 heteroatoms. The highest BCUT2D eigenvalue weighted by molar-refractivity contribution is 5.93. The number of rotatable bonds is 6. The first-order valence-corrected chi connectivity index (χ1v) is 7.48. The van der Waals surface area contributed by atoms with E-state index in [9.17, 15) is 4.79 Å². The van der Waals surface area contributed by atoms with Gasteiger partial charge in [-0.15, -0.1) is 0 Å². The lowest BCUT2D eigenvalue weighted by Gasteiger charge is -2.37. The van der Waals surface area contributed by atoms with Gasteiger partial charge in [0.1, 0.15) is 0 Å². The SMILES string of the molecule is CCc1cccc(C)c1NC(=O)CN(CC)C1CNC1. The summed E-state index contributed by atoms with van der Waals surface area (Å²) in [6.45, 7) is 9.63. The van der Waals surface area contributed by atoms with Crippen LogP contribution in [0.5, 0.6) is 0 Å². The Labute approximate surface area is 121 Å². The maximum Gasteiger partial charge on any atom is 0.238 e. The smallest absolute Gasteiger partial charge is 0.238 e. The highest BCUT2D eigenvalue weighted by atomic mass is 16.2. The van der Waals surface area contributed by atoms with Crippen molar-refractivity contribution in [1.82, 2.24) is 10.2 Å². The molecule has 4 nitrogen and oxygen atoms in total. The largest absolute Gasteiger partial charge is 0.324 e. The fourth-order valence-electron chi connectivity index (χ4n) is 2.60. The fourth-order valence-corrected chi connectivity index (χ4v) is 2.60. The number of likely N-dealkylation sites (N-methyl/N-ethyl adjacent to an activating group) is 1. The number of aryl methyl sites for hydroxylation is 2. The molecule has 20 heavy (non-hydrogen) atoms. The zero-order valence-electron chi connectivity index (χ0n) is 12.7. The Morgan fingerprint density at radius 1 is 1.40 bits per heavy atom. The first-order chi connectivity index (χ1) is 9.65. The Kier molecular flexibility index (Phi) is 5.15. The summed E-state index contributed by atoms with van der Waals surface area (Å²) in [5, 5.41) is 6.35. The number of hydrogen-bond acceptors (Lipinski definition) is 3. The van der Waals surface area contributed by atoms with Crippen LogP contribution in [-0.4, -0.2) is 43.0 Å². The van der Waals surface area contributed by atoms with Crippen LogP contribution in [0.25, 0.3) is 0 Å². The highest BCUT2D eigenvalue weighted by Gasteiger charge is 2.25. The number of benzene rings is 1.